The molecule has 1 fully saturated rings. The Morgan fingerprint density at radius 2 is 1.92 bits per heavy atom. The number of H-pyrrole nitrogens is 1. The molecule has 1 aliphatic rings. The van der Waals surface area contributed by atoms with Crippen LogP contribution in [0.3, 0.4) is 0 Å². The molecule has 3 rings (SSSR count). The van der Waals surface area contributed by atoms with E-state index in [0.717, 1.165) is 16.5 Å². The molecule has 1 aliphatic heterocycles. The fraction of sp³-hybridized carbons (Fsp3) is 0.556. The fourth-order valence-electron chi connectivity index (χ4n) is 4.88. The number of hydrogen-bond donors (Lipinski definition) is 5. The second kappa shape index (κ2) is 13.7. The molecule has 3 amide bonds. The van der Waals surface area contributed by atoms with Crippen molar-refractivity contribution in [1.29, 1.82) is 0 Å². The smallest absolute Gasteiger partial charge is 0.326 e. The molecule has 0 aliphatic carbocycles. The number of nitrogens with one attached hydrogen (secondary N) is 3. The summed E-state index contributed by atoms with van der Waals surface area (Å²) < 4.78 is 0. The van der Waals surface area contributed by atoms with E-state index in [-0.39, 0.29) is 24.7 Å². The van der Waals surface area contributed by atoms with Crippen LogP contribution < -0.4 is 16.4 Å². The number of para-hydroxylation sites is 1. The van der Waals surface area contributed by atoms with E-state index in [9.17, 15) is 24.3 Å². The standard InChI is InChI=1S/C27H39N5O5S/c1-16(2)13-19(28)24(33)31-22(14-17-15-29-20-8-5-4-7-18(17)20)26(35)32-11-6-9-23(32)25(34)30-21(27(36)37)10-12-38-3/h4-5,7-8,15-16,19,21-23,29H,6,9-14,28H2,1-3H3,(H,30,34)(H,31,33)(H,36,37). The van der Waals surface area contributed by atoms with Gasteiger partial charge < -0.3 is 31.4 Å². The number of rotatable bonds is 13. The van der Waals surface area contributed by atoms with Gasteiger partial charge in [-0.3, -0.25) is 14.4 Å². The molecule has 1 saturated heterocycles. The van der Waals surface area contributed by atoms with Crippen LogP contribution >= 0.6 is 11.8 Å². The average Bonchev–Trinajstić information content (AvgIpc) is 3.52. The van der Waals surface area contributed by atoms with E-state index >= 15 is 0 Å². The summed E-state index contributed by atoms with van der Waals surface area (Å²) in [5, 5.41) is 15.9. The van der Waals surface area contributed by atoms with Gasteiger partial charge in [-0.05, 0) is 55.2 Å². The SMILES string of the molecule is CSCCC(NC(=O)C1CCCN1C(=O)C(Cc1c[nH]c2ccccc12)NC(=O)C(N)CC(C)C)C(=O)O. The minimum atomic E-state index is -1.10. The van der Waals surface area contributed by atoms with Crippen molar-refractivity contribution in [2.45, 2.75) is 70.1 Å². The van der Waals surface area contributed by atoms with Gasteiger partial charge in [0, 0.05) is 30.1 Å². The summed E-state index contributed by atoms with van der Waals surface area (Å²) in [6.45, 7) is 4.29. The minimum absolute atomic E-state index is 0.207. The number of nitrogens with two attached hydrogens (primary N) is 1. The molecule has 4 unspecified atom stereocenters. The molecule has 2 aromatic rings. The Morgan fingerprint density at radius 3 is 2.61 bits per heavy atom. The number of amides is 3. The molecule has 11 heteroatoms. The van der Waals surface area contributed by atoms with Crippen LogP contribution in [0.4, 0.5) is 0 Å². The molecule has 6 N–H and O–H groups in total. The zero-order valence-corrected chi connectivity index (χ0v) is 23.1. The van der Waals surface area contributed by atoms with Crippen LogP contribution in [-0.2, 0) is 25.6 Å². The average molecular weight is 546 g/mol. The second-order valence-electron chi connectivity index (χ2n) is 10.2. The number of fused-ring (bicyclic) bond motifs is 1. The Kier molecular flexibility index (Phi) is 10.6. The van der Waals surface area contributed by atoms with Gasteiger partial charge >= 0.3 is 5.97 Å². The number of benzene rings is 1. The van der Waals surface area contributed by atoms with Gasteiger partial charge in [-0.25, -0.2) is 4.79 Å². The maximum atomic E-state index is 13.9. The molecule has 10 nitrogen and oxygen atoms in total. The number of carbonyl (C=O) groups is 4. The van der Waals surface area contributed by atoms with E-state index < -0.39 is 42.0 Å². The Labute approximate surface area is 227 Å². The first-order valence-corrected chi connectivity index (χ1v) is 14.4. The maximum Gasteiger partial charge on any atom is 0.326 e. The van der Waals surface area contributed by atoms with Gasteiger partial charge in [-0.15, -0.1) is 0 Å². The molecule has 0 spiro atoms. The van der Waals surface area contributed by atoms with Crippen LogP contribution in [0.5, 0.6) is 0 Å². The first kappa shape index (κ1) is 29.5. The van der Waals surface area contributed by atoms with Crippen molar-refractivity contribution in [1.82, 2.24) is 20.5 Å². The molecule has 2 heterocycles. The summed E-state index contributed by atoms with van der Waals surface area (Å²) >= 11 is 1.50. The lowest BCUT2D eigenvalue weighted by Gasteiger charge is -2.30. The fourth-order valence-corrected chi connectivity index (χ4v) is 5.35. The summed E-state index contributed by atoms with van der Waals surface area (Å²) in [5.41, 5.74) is 7.90. The lowest BCUT2D eigenvalue weighted by Crippen LogP contribution is -2.57. The van der Waals surface area contributed by atoms with Gasteiger partial charge in [0.1, 0.15) is 18.1 Å². The highest BCUT2D eigenvalue weighted by Crippen LogP contribution is 2.23. The van der Waals surface area contributed by atoms with Gasteiger partial charge in [-0.2, -0.15) is 11.8 Å². The minimum Gasteiger partial charge on any atom is -0.480 e. The summed E-state index contributed by atoms with van der Waals surface area (Å²) in [6.07, 6.45) is 5.70. The molecule has 1 aromatic heterocycles. The number of nitrogens with zero attached hydrogens (tertiary/aromatic N) is 1. The van der Waals surface area contributed by atoms with Crippen LogP contribution in [0.15, 0.2) is 30.5 Å². The third-order valence-corrected chi connectivity index (χ3v) is 7.48. The Bertz CT molecular complexity index is 1140. The van der Waals surface area contributed by atoms with Gasteiger partial charge in [0.15, 0.2) is 0 Å². The predicted molar refractivity (Wildman–Crippen MR) is 149 cm³/mol. The molecular formula is C27H39N5O5S. The van der Waals surface area contributed by atoms with E-state index in [2.05, 4.69) is 15.6 Å². The Hall–Kier alpha value is -3.05. The topological polar surface area (TPSA) is 158 Å². The lowest BCUT2D eigenvalue weighted by atomic mass is 10.0. The predicted octanol–water partition coefficient (Wildman–Crippen LogP) is 1.88. The van der Waals surface area contributed by atoms with Crippen LogP contribution in [0.2, 0.25) is 0 Å². The van der Waals surface area contributed by atoms with Crippen LogP contribution in [0.25, 0.3) is 10.9 Å². The van der Waals surface area contributed by atoms with E-state index in [1.165, 1.54) is 16.7 Å². The third-order valence-electron chi connectivity index (χ3n) is 6.84. The quantitative estimate of drug-likeness (QED) is 0.257. The van der Waals surface area contributed by atoms with E-state index in [4.69, 9.17) is 5.73 Å². The maximum absolute atomic E-state index is 13.9. The number of aliphatic carboxylic acids is 1. The zero-order valence-electron chi connectivity index (χ0n) is 22.2. The normalized spacial score (nSPS) is 17.8. The number of aromatic amines is 1. The van der Waals surface area contributed by atoms with Gasteiger partial charge in [0.05, 0.1) is 6.04 Å². The molecule has 0 bridgehead atoms. The second-order valence-corrected chi connectivity index (χ2v) is 11.2. The van der Waals surface area contributed by atoms with E-state index in [1.807, 2.05) is 50.6 Å². The van der Waals surface area contributed by atoms with Crippen LogP contribution in [-0.4, -0.2) is 81.4 Å². The molecule has 0 saturated carbocycles. The highest BCUT2D eigenvalue weighted by Gasteiger charge is 2.39. The molecular weight excluding hydrogens is 506 g/mol. The number of carboxylic acids is 1. The zero-order chi connectivity index (χ0) is 27.8. The summed E-state index contributed by atoms with van der Waals surface area (Å²) in [5.74, 6) is -1.60. The number of carbonyl (C=O) groups excluding carboxylic acids is 3. The summed E-state index contributed by atoms with van der Waals surface area (Å²) in [4.78, 5) is 56.3. The monoisotopic (exact) mass is 545 g/mol. The number of likely N-dealkylation sites (tertiary alicyclic amines) is 1. The van der Waals surface area contributed by atoms with Gasteiger partial charge in [0.25, 0.3) is 0 Å². The highest BCUT2D eigenvalue weighted by molar-refractivity contribution is 7.98. The number of hydrogen-bond acceptors (Lipinski definition) is 6. The van der Waals surface area contributed by atoms with Crippen LogP contribution in [0, 0.1) is 5.92 Å². The van der Waals surface area contributed by atoms with Crippen molar-refractivity contribution in [3.05, 3.63) is 36.0 Å². The van der Waals surface area contributed by atoms with Crippen molar-refractivity contribution in [3.8, 4) is 0 Å². The van der Waals surface area contributed by atoms with Crippen LogP contribution in [0.1, 0.15) is 45.1 Å². The van der Waals surface area contributed by atoms with Crippen molar-refractivity contribution >= 4 is 46.4 Å². The van der Waals surface area contributed by atoms with Crippen molar-refractivity contribution in [2.75, 3.05) is 18.6 Å². The summed E-state index contributed by atoms with van der Waals surface area (Å²) in [7, 11) is 0. The van der Waals surface area contributed by atoms with E-state index in [0.29, 0.717) is 31.6 Å². The third kappa shape index (κ3) is 7.50. The van der Waals surface area contributed by atoms with Crippen molar-refractivity contribution < 1.29 is 24.3 Å². The molecule has 38 heavy (non-hydrogen) atoms. The molecule has 4 atom stereocenters. The first-order valence-electron chi connectivity index (χ1n) is 13.1. The molecule has 0 radical (unpaired) electrons. The van der Waals surface area contributed by atoms with Gasteiger partial charge in [0.2, 0.25) is 17.7 Å². The van der Waals surface area contributed by atoms with E-state index in [1.54, 1.807) is 0 Å². The molecule has 1 aromatic carbocycles. The first-order chi connectivity index (χ1) is 18.1. The number of thioether (sulfide) groups is 1. The van der Waals surface area contributed by atoms with Crippen molar-refractivity contribution in [3.63, 3.8) is 0 Å². The number of aromatic nitrogens is 1. The molecule has 208 valence electrons. The summed E-state index contributed by atoms with van der Waals surface area (Å²) in [6, 6.07) is 4.18. The van der Waals surface area contributed by atoms with Crippen molar-refractivity contribution in [2.24, 2.45) is 11.7 Å². The largest absolute Gasteiger partial charge is 0.480 e. The Morgan fingerprint density at radius 1 is 1.18 bits per heavy atom. The number of carboxylic acid groups (broad SMARTS) is 1. The highest BCUT2D eigenvalue weighted by atomic mass is 32.2. The lowest BCUT2D eigenvalue weighted by molar-refractivity contribution is -0.145. The Balaban J connectivity index is 1.82. The van der Waals surface area contributed by atoms with Gasteiger partial charge in [-0.1, -0.05) is 32.0 Å².